The zero-order valence-corrected chi connectivity index (χ0v) is 13.5. The molecule has 0 radical (unpaired) electrons. The van der Waals surface area contributed by atoms with Crippen LogP contribution in [0.25, 0.3) is 10.9 Å². The van der Waals surface area contributed by atoms with E-state index in [-0.39, 0.29) is 24.3 Å². The summed E-state index contributed by atoms with van der Waals surface area (Å²) in [5, 5.41) is 3.61. The minimum atomic E-state index is -0.342. The molecule has 2 rings (SSSR count). The van der Waals surface area contributed by atoms with Gasteiger partial charge in [-0.25, -0.2) is 9.37 Å². The van der Waals surface area contributed by atoms with Crippen molar-refractivity contribution in [1.29, 1.82) is 0 Å². The minimum absolute atomic E-state index is 0.0455. The molecule has 1 aromatic carbocycles. The Morgan fingerprint density at radius 3 is 2.77 bits per heavy atom. The summed E-state index contributed by atoms with van der Waals surface area (Å²) in [7, 11) is 0. The standard InChI is InChI=1S/C17H22FN3O/c1-5-21(10-16(22)19-11(2)3)15-9-12(4)20-17-13(15)7-6-8-14(17)18/h6-9,11H,5,10H2,1-4H3,(H,19,22). The summed E-state index contributed by atoms with van der Waals surface area (Å²) in [5.41, 5.74) is 1.92. The van der Waals surface area contributed by atoms with Crippen LogP contribution in [0.3, 0.4) is 0 Å². The van der Waals surface area contributed by atoms with Crippen LogP contribution in [0.4, 0.5) is 10.1 Å². The Morgan fingerprint density at radius 1 is 1.41 bits per heavy atom. The molecule has 1 amide bonds. The van der Waals surface area contributed by atoms with E-state index in [1.807, 2.05) is 44.7 Å². The van der Waals surface area contributed by atoms with E-state index in [2.05, 4.69) is 10.3 Å². The molecule has 0 atom stereocenters. The van der Waals surface area contributed by atoms with Crippen molar-refractivity contribution in [2.75, 3.05) is 18.0 Å². The van der Waals surface area contributed by atoms with Crippen LogP contribution in [-0.2, 0) is 4.79 Å². The summed E-state index contributed by atoms with van der Waals surface area (Å²) in [6.45, 7) is 8.55. The average Bonchev–Trinajstić information content (AvgIpc) is 2.44. The first-order chi connectivity index (χ1) is 10.4. The molecular weight excluding hydrogens is 281 g/mol. The molecule has 1 aromatic heterocycles. The molecule has 22 heavy (non-hydrogen) atoms. The third kappa shape index (κ3) is 3.53. The van der Waals surface area contributed by atoms with Gasteiger partial charge in [0.15, 0.2) is 0 Å². The number of hydrogen-bond donors (Lipinski definition) is 1. The Morgan fingerprint density at radius 2 is 2.14 bits per heavy atom. The highest BCUT2D eigenvalue weighted by Crippen LogP contribution is 2.28. The monoisotopic (exact) mass is 303 g/mol. The second-order valence-corrected chi connectivity index (χ2v) is 5.66. The van der Waals surface area contributed by atoms with E-state index in [9.17, 15) is 9.18 Å². The quantitative estimate of drug-likeness (QED) is 0.923. The molecule has 0 saturated heterocycles. The maximum absolute atomic E-state index is 14.0. The molecule has 0 aliphatic rings. The van der Waals surface area contributed by atoms with Crippen LogP contribution in [0.2, 0.25) is 0 Å². The molecule has 2 aromatic rings. The van der Waals surface area contributed by atoms with Crippen molar-refractivity contribution in [3.05, 3.63) is 35.8 Å². The van der Waals surface area contributed by atoms with Crippen LogP contribution in [0.15, 0.2) is 24.3 Å². The molecular formula is C17H22FN3O. The van der Waals surface area contributed by atoms with Gasteiger partial charge in [0.05, 0.1) is 6.54 Å². The second kappa shape index (κ2) is 6.73. The van der Waals surface area contributed by atoms with Crippen LogP contribution in [0.1, 0.15) is 26.5 Å². The fraction of sp³-hybridized carbons (Fsp3) is 0.412. The molecule has 0 bridgehead atoms. The SMILES string of the molecule is CCN(CC(=O)NC(C)C)c1cc(C)nc2c(F)cccc12. The molecule has 0 fully saturated rings. The minimum Gasteiger partial charge on any atom is -0.362 e. The van der Waals surface area contributed by atoms with E-state index >= 15 is 0 Å². The van der Waals surface area contributed by atoms with Gasteiger partial charge in [0.2, 0.25) is 5.91 Å². The van der Waals surface area contributed by atoms with Crippen LogP contribution < -0.4 is 10.2 Å². The summed E-state index contributed by atoms with van der Waals surface area (Å²) >= 11 is 0. The van der Waals surface area contributed by atoms with Crippen molar-refractivity contribution in [2.45, 2.75) is 33.7 Å². The lowest BCUT2D eigenvalue weighted by Crippen LogP contribution is -2.40. The predicted octanol–water partition coefficient (Wildman–Crippen LogP) is 3.03. The molecule has 4 nitrogen and oxygen atoms in total. The van der Waals surface area contributed by atoms with Gasteiger partial charge in [-0.2, -0.15) is 0 Å². The summed E-state index contributed by atoms with van der Waals surface area (Å²) in [5.74, 6) is -0.388. The third-order valence-electron chi connectivity index (χ3n) is 3.40. The highest BCUT2D eigenvalue weighted by Gasteiger charge is 2.16. The van der Waals surface area contributed by atoms with Gasteiger partial charge in [0.1, 0.15) is 11.3 Å². The zero-order chi connectivity index (χ0) is 16.3. The van der Waals surface area contributed by atoms with Crippen LogP contribution in [-0.4, -0.2) is 30.0 Å². The first kappa shape index (κ1) is 16.2. The number of aromatic nitrogens is 1. The summed E-state index contributed by atoms with van der Waals surface area (Å²) in [6, 6.07) is 6.90. The van der Waals surface area contributed by atoms with Crippen LogP contribution in [0.5, 0.6) is 0 Å². The molecule has 1 heterocycles. The molecule has 0 aliphatic heterocycles. The average molecular weight is 303 g/mol. The number of anilines is 1. The van der Waals surface area contributed by atoms with Gasteiger partial charge >= 0.3 is 0 Å². The van der Waals surface area contributed by atoms with Crippen LogP contribution >= 0.6 is 0 Å². The number of hydrogen-bond acceptors (Lipinski definition) is 3. The Kier molecular flexibility index (Phi) is 4.96. The number of benzene rings is 1. The topological polar surface area (TPSA) is 45.2 Å². The number of nitrogens with one attached hydrogen (secondary N) is 1. The lowest BCUT2D eigenvalue weighted by atomic mass is 10.1. The summed E-state index contributed by atoms with van der Waals surface area (Å²) in [4.78, 5) is 18.3. The molecule has 0 aliphatic carbocycles. The van der Waals surface area contributed by atoms with Gasteiger partial charge in [0, 0.05) is 29.4 Å². The first-order valence-electron chi connectivity index (χ1n) is 7.52. The Balaban J connectivity index is 2.43. The highest BCUT2D eigenvalue weighted by molar-refractivity contribution is 5.94. The van der Waals surface area contributed by atoms with Gasteiger partial charge in [-0.05, 0) is 39.8 Å². The Hall–Kier alpha value is -2.17. The molecule has 118 valence electrons. The number of nitrogens with zero attached hydrogens (tertiary/aromatic N) is 2. The van der Waals surface area contributed by atoms with Gasteiger partial charge in [-0.3, -0.25) is 4.79 Å². The van der Waals surface area contributed by atoms with Gasteiger partial charge in [0.25, 0.3) is 0 Å². The van der Waals surface area contributed by atoms with Crippen molar-refractivity contribution in [1.82, 2.24) is 10.3 Å². The molecule has 0 spiro atoms. The maximum Gasteiger partial charge on any atom is 0.239 e. The van der Waals surface area contributed by atoms with E-state index in [0.29, 0.717) is 12.1 Å². The van der Waals surface area contributed by atoms with E-state index in [0.717, 1.165) is 16.8 Å². The number of halogens is 1. The largest absolute Gasteiger partial charge is 0.362 e. The smallest absolute Gasteiger partial charge is 0.239 e. The number of amides is 1. The number of para-hydroxylation sites is 1. The van der Waals surface area contributed by atoms with Crippen molar-refractivity contribution in [3.8, 4) is 0 Å². The van der Waals surface area contributed by atoms with Gasteiger partial charge in [-0.1, -0.05) is 12.1 Å². The van der Waals surface area contributed by atoms with Crippen molar-refractivity contribution < 1.29 is 9.18 Å². The number of aryl methyl sites for hydroxylation is 1. The fourth-order valence-electron chi connectivity index (χ4n) is 2.49. The number of likely N-dealkylation sites (N-methyl/N-ethyl adjacent to an activating group) is 1. The number of carbonyl (C=O) groups excluding carboxylic acids is 1. The lowest BCUT2D eigenvalue weighted by Gasteiger charge is -2.25. The predicted molar refractivity (Wildman–Crippen MR) is 87.6 cm³/mol. The number of pyridine rings is 1. The molecule has 0 saturated carbocycles. The summed E-state index contributed by atoms with van der Waals surface area (Å²) in [6.07, 6.45) is 0. The Labute approximate surface area is 130 Å². The van der Waals surface area contributed by atoms with Gasteiger partial charge in [-0.15, -0.1) is 0 Å². The summed E-state index contributed by atoms with van der Waals surface area (Å²) < 4.78 is 14.0. The van der Waals surface area contributed by atoms with E-state index < -0.39 is 0 Å². The number of fused-ring (bicyclic) bond motifs is 1. The zero-order valence-electron chi connectivity index (χ0n) is 13.5. The normalized spacial score (nSPS) is 11.0. The van der Waals surface area contributed by atoms with E-state index in [1.54, 1.807) is 6.07 Å². The second-order valence-electron chi connectivity index (χ2n) is 5.66. The van der Waals surface area contributed by atoms with E-state index in [1.165, 1.54) is 6.07 Å². The molecule has 1 N–H and O–H groups in total. The molecule has 0 unspecified atom stereocenters. The lowest BCUT2D eigenvalue weighted by molar-refractivity contribution is -0.120. The van der Waals surface area contributed by atoms with Crippen LogP contribution in [0, 0.1) is 12.7 Å². The molecule has 5 heteroatoms. The van der Waals surface area contributed by atoms with Gasteiger partial charge < -0.3 is 10.2 Å². The maximum atomic E-state index is 14.0. The fourth-order valence-corrected chi connectivity index (χ4v) is 2.49. The Bertz CT molecular complexity index is 685. The third-order valence-corrected chi connectivity index (χ3v) is 3.40. The van der Waals surface area contributed by atoms with Crippen molar-refractivity contribution in [2.24, 2.45) is 0 Å². The first-order valence-corrected chi connectivity index (χ1v) is 7.52. The number of carbonyl (C=O) groups is 1. The number of rotatable bonds is 5. The van der Waals surface area contributed by atoms with Crippen molar-refractivity contribution in [3.63, 3.8) is 0 Å². The highest BCUT2D eigenvalue weighted by atomic mass is 19.1. The van der Waals surface area contributed by atoms with E-state index in [4.69, 9.17) is 0 Å². The van der Waals surface area contributed by atoms with Crippen molar-refractivity contribution >= 4 is 22.5 Å².